The Morgan fingerprint density at radius 2 is 2.07 bits per heavy atom. The lowest BCUT2D eigenvalue weighted by atomic mass is 10.1. The fraction of sp³-hybridized carbons (Fsp3) is 0. The number of benzene rings is 1. The molecule has 0 bridgehead atoms. The molecule has 1 N–H and O–H groups in total. The van der Waals surface area contributed by atoms with Crippen molar-refractivity contribution in [2.45, 2.75) is 0 Å². The lowest BCUT2D eigenvalue weighted by Gasteiger charge is -1.90. The lowest BCUT2D eigenvalue weighted by Crippen LogP contribution is -2.07. The summed E-state index contributed by atoms with van der Waals surface area (Å²) in [5.74, 6) is -0.621. The van der Waals surface area contributed by atoms with E-state index in [0.717, 1.165) is 5.56 Å². The van der Waals surface area contributed by atoms with Crippen LogP contribution in [0.3, 0.4) is 0 Å². The van der Waals surface area contributed by atoms with Gasteiger partial charge in [0.05, 0.1) is 0 Å². The number of nitrogens with zero attached hydrogens (tertiary/aromatic N) is 2. The van der Waals surface area contributed by atoms with Gasteiger partial charge >= 0.3 is 0 Å². The Bertz CT molecular complexity index is 441. The molecule has 0 radical (unpaired) electrons. The first kappa shape index (κ1) is 10.7. The number of nitriles is 1. The highest BCUT2D eigenvalue weighted by molar-refractivity contribution is 6.49. The van der Waals surface area contributed by atoms with E-state index in [-0.39, 0.29) is 0 Å². The van der Waals surface area contributed by atoms with Crippen molar-refractivity contribution in [2.24, 2.45) is 5.16 Å². The van der Waals surface area contributed by atoms with Gasteiger partial charge in [0, 0.05) is 0 Å². The van der Waals surface area contributed by atoms with Gasteiger partial charge in [-0.05, 0) is 11.6 Å². The zero-order chi connectivity index (χ0) is 11.1. The SMILES string of the molecule is N#C/C(=N\O)C(=O)/C=C/c1ccccc1. The van der Waals surface area contributed by atoms with Crippen LogP contribution in [-0.2, 0) is 4.79 Å². The minimum atomic E-state index is -0.621. The van der Waals surface area contributed by atoms with E-state index in [4.69, 9.17) is 10.5 Å². The van der Waals surface area contributed by atoms with Crippen LogP contribution >= 0.6 is 0 Å². The molecule has 0 aromatic heterocycles. The van der Waals surface area contributed by atoms with E-state index in [1.165, 1.54) is 12.1 Å². The van der Waals surface area contributed by atoms with Crippen molar-refractivity contribution in [3.63, 3.8) is 0 Å². The molecule has 0 heterocycles. The zero-order valence-corrected chi connectivity index (χ0v) is 7.79. The maximum absolute atomic E-state index is 11.2. The van der Waals surface area contributed by atoms with Gasteiger partial charge in [-0.1, -0.05) is 41.6 Å². The minimum absolute atomic E-state index is 0.526. The highest BCUT2D eigenvalue weighted by Gasteiger charge is 2.06. The molecule has 0 atom stereocenters. The van der Waals surface area contributed by atoms with Crippen LogP contribution in [0.1, 0.15) is 5.56 Å². The predicted molar refractivity (Wildman–Crippen MR) is 55.3 cm³/mol. The summed E-state index contributed by atoms with van der Waals surface area (Å²) in [7, 11) is 0. The fourth-order valence-electron chi connectivity index (χ4n) is 0.942. The van der Waals surface area contributed by atoms with E-state index in [2.05, 4.69) is 5.16 Å². The van der Waals surface area contributed by atoms with Crippen molar-refractivity contribution >= 4 is 17.6 Å². The van der Waals surface area contributed by atoms with Crippen LogP contribution in [0.5, 0.6) is 0 Å². The molecule has 15 heavy (non-hydrogen) atoms. The van der Waals surface area contributed by atoms with E-state index in [1.807, 2.05) is 30.3 Å². The Morgan fingerprint density at radius 1 is 1.40 bits per heavy atom. The van der Waals surface area contributed by atoms with Gasteiger partial charge in [-0.25, -0.2) is 0 Å². The highest BCUT2D eigenvalue weighted by Crippen LogP contribution is 2.00. The summed E-state index contributed by atoms with van der Waals surface area (Å²) < 4.78 is 0. The zero-order valence-electron chi connectivity index (χ0n) is 7.79. The fourth-order valence-corrected chi connectivity index (χ4v) is 0.942. The van der Waals surface area contributed by atoms with Crippen LogP contribution in [0.2, 0.25) is 0 Å². The van der Waals surface area contributed by atoms with Crippen molar-refractivity contribution in [3.05, 3.63) is 42.0 Å². The number of allylic oxidation sites excluding steroid dienone is 1. The number of oxime groups is 1. The molecular weight excluding hydrogens is 192 g/mol. The first-order chi connectivity index (χ1) is 7.27. The summed E-state index contributed by atoms with van der Waals surface area (Å²) in [6, 6.07) is 10.6. The monoisotopic (exact) mass is 200 g/mol. The maximum Gasteiger partial charge on any atom is 0.226 e. The van der Waals surface area contributed by atoms with Crippen LogP contribution in [0, 0.1) is 11.3 Å². The lowest BCUT2D eigenvalue weighted by molar-refractivity contribution is -0.108. The van der Waals surface area contributed by atoms with E-state index >= 15 is 0 Å². The first-order valence-electron chi connectivity index (χ1n) is 4.17. The number of rotatable bonds is 3. The molecule has 0 saturated carbocycles. The van der Waals surface area contributed by atoms with E-state index in [9.17, 15) is 4.79 Å². The van der Waals surface area contributed by atoms with Gasteiger partial charge in [0.1, 0.15) is 6.07 Å². The Labute approximate surface area is 86.8 Å². The molecule has 0 spiro atoms. The molecule has 0 aliphatic rings. The Morgan fingerprint density at radius 3 is 2.60 bits per heavy atom. The van der Waals surface area contributed by atoms with Crippen LogP contribution in [-0.4, -0.2) is 16.7 Å². The second-order valence-corrected chi connectivity index (χ2v) is 2.67. The summed E-state index contributed by atoms with van der Waals surface area (Å²) in [6.45, 7) is 0. The summed E-state index contributed by atoms with van der Waals surface area (Å²) in [4.78, 5) is 11.2. The van der Waals surface area contributed by atoms with Gasteiger partial charge in [-0.15, -0.1) is 0 Å². The minimum Gasteiger partial charge on any atom is -0.410 e. The topological polar surface area (TPSA) is 73.4 Å². The molecule has 4 nitrogen and oxygen atoms in total. The summed E-state index contributed by atoms with van der Waals surface area (Å²) in [5.41, 5.74) is 0.309. The molecule has 0 aliphatic carbocycles. The summed E-state index contributed by atoms with van der Waals surface area (Å²) in [6.07, 6.45) is 2.73. The number of carbonyl (C=O) groups is 1. The van der Waals surface area contributed by atoms with Crippen molar-refractivity contribution in [2.75, 3.05) is 0 Å². The molecule has 74 valence electrons. The first-order valence-corrected chi connectivity index (χ1v) is 4.17. The van der Waals surface area contributed by atoms with Crippen molar-refractivity contribution in [1.29, 1.82) is 5.26 Å². The number of hydrogen-bond acceptors (Lipinski definition) is 4. The Balaban J connectivity index is 2.76. The van der Waals surface area contributed by atoms with Crippen LogP contribution in [0.25, 0.3) is 6.08 Å². The molecule has 4 heteroatoms. The molecule has 1 rings (SSSR count). The number of carbonyl (C=O) groups excluding carboxylic acids is 1. The second-order valence-electron chi connectivity index (χ2n) is 2.67. The van der Waals surface area contributed by atoms with Gasteiger partial charge in [-0.2, -0.15) is 5.26 Å². The molecule has 0 amide bonds. The van der Waals surface area contributed by atoms with E-state index in [0.29, 0.717) is 0 Å². The van der Waals surface area contributed by atoms with Gasteiger partial charge in [0.2, 0.25) is 11.5 Å². The molecular formula is C11H8N2O2. The van der Waals surface area contributed by atoms with Crippen molar-refractivity contribution in [1.82, 2.24) is 0 Å². The third kappa shape index (κ3) is 3.08. The highest BCUT2D eigenvalue weighted by atomic mass is 16.4. The van der Waals surface area contributed by atoms with Gasteiger partial charge < -0.3 is 5.21 Å². The quantitative estimate of drug-likeness (QED) is 0.348. The standard InChI is InChI=1S/C11H8N2O2/c12-8-10(13-15)11(14)7-6-9-4-2-1-3-5-9/h1-7,15H/b7-6+,13-10+. The normalized spacial score (nSPS) is 11.3. The predicted octanol–water partition coefficient (Wildman–Crippen LogP) is 1.62. The van der Waals surface area contributed by atoms with Crippen LogP contribution < -0.4 is 0 Å². The molecule has 0 fully saturated rings. The second kappa shape index (κ2) is 5.35. The number of ketones is 1. The van der Waals surface area contributed by atoms with Crippen molar-refractivity contribution in [3.8, 4) is 6.07 Å². The third-order valence-corrected chi connectivity index (χ3v) is 1.67. The van der Waals surface area contributed by atoms with Gasteiger partial charge in [0.15, 0.2) is 0 Å². The van der Waals surface area contributed by atoms with Crippen LogP contribution in [0.4, 0.5) is 0 Å². The van der Waals surface area contributed by atoms with Gasteiger partial charge in [0.25, 0.3) is 0 Å². The van der Waals surface area contributed by atoms with Crippen molar-refractivity contribution < 1.29 is 10.0 Å². The summed E-state index contributed by atoms with van der Waals surface area (Å²) >= 11 is 0. The Hall–Kier alpha value is -2.41. The smallest absolute Gasteiger partial charge is 0.226 e. The van der Waals surface area contributed by atoms with Crippen LogP contribution in [0.15, 0.2) is 41.6 Å². The number of hydrogen-bond donors (Lipinski definition) is 1. The summed E-state index contributed by atoms with van der Waals surface area (Å²) in [5, 5.41) is 19.3. The maximum atomic E-state index is 11.2. The molecule has 1 aromatic rings. The van der Waals surface area contributed by atoms with Gasteiger partial charge in [-0.3, -0.25) is 4.79 Å². The Kier molecular flexibility index (Phi) is 3.80. The molecule has 0 aliphatic heterocycles. The average Bonchev–Trinajstić information content (AvgIpc) is 2.29. The molecule has 0 saturated heterocycles. The average molecular weight is 200 g/mol. The third-order valence-electron chi connectivity index (χ3n) is 1.67. The molecule has 1 aromatic carbocycles. The van der Waals surface area contributed by atoms with E-state index < -0.39 is 11.5 Å². The molecule has 0 unspecified atom stereocenters. The largest absolute Gasteiger partial charge is 0.410 e. The van der Waals surface area contributed by atoms with E-state index in [1.54, 1.807) is 6.08 Å².